The molecule has 0 saturated carbocycles. The molecule has 1 heterocycles. The van der Waals surface area contributed by atoms with Crippen LogP contribution in [0.2, 0.25) is 0 Å². The van der Waals surface area contributed by atoms with Gasteiger partial charge in [0.05, 0.1) is 5.75 Å². The lowest BCUT2D eigenvalue weighted by atomic mass is 10.0. The molecule has 1 aromatic rings. The van der Waals surface area contributed by atoms with Gasteiger partial charge in [-0.1, -0.05) is 36.1 Å². The van der Waals surface area contributed by atoms with E-state index in [1.54, 1.807) is 6.08 Å². The Morgan fingerprint density at radius 1 is 1.53 bits per heavy atom. The molecule has 0 unspecified atom stereocenters. The highest BCUT2D eigenvalue weighted by molar-refractivity contribution is 8.01. The molecule has 1 aromatic heterocycles. The number of carbonyl (C=O) groups excluding carboxylic acids is 1. The summed E-state index contributed by atoms with van der Waals surface area (Å²) in [5, 5.41) is 14.8. The first-order chi connectivity index (χ1) is 8.96. The van der Waals surface area contributed by atoms with Crippen molar-refractivity contribution in [1.29, 1.82) is 0 Å². The average molecular weight is 300 g/mol. The molecular formula is C12H20N4OS2. The molecule has 0 spiro atoms. The zero-order valence-electron chi connectivity index (χ0n) is 11.5. The lowest BCUT2D eigenvalue weighted by molar-refractivity contribution is -0.120. The first-order valence-electron chi connectivity index (χ1n) is 6.09. The second-order valence-electron chi connectivity index (χ2n) is 4.62. The number of aromatic nitrogens is 2. The number of thioether (sulfide) groups is 1. The Labute approximate surface area is 122 Å². The summed E-state index contributed by atoms with van der Waals surface area (Å²) in [6.07, 6.45) is 2.66. The maximum atomic E-state index is 11.8. The molecule has 0 aliphatic carbocycles. The number of carbonyl (C=O) groups is 1. The van der Waals surface area contributed by atoms with E-state index in [2.05, 4.69) is 34.3 Å². The zero-order chi connectivity index (χ0) is 14.3. The van der Waals surface area contributed by atoms with E-state index in [1.807, 2.05) is 13.8 Å². The Kier molecular flexibility index (Phi) is 6.30. The van der Waals surface area contributed by atoms with Crippen molar-refractivity contribution in [3.05, 3.63) is 12.7 Å². The van der Waals surface area contributed by atoms with Gasteiger partial charge in [0, 0.05) is 12.1 Å². The van der Waals surface area contributed by atoms with Crippen molar-refractivity contribution in [2.24, 2.45) is 0 Å². The Morgan fingerprint density at radius 2 is 2.26 bits per heavy atom. The first-order valence-corrected chi connectivity index (χ1v) is 7.89. The van der Waals surface area contributed by atoms with Crippen molar-refractivity contribution in [1.82, 2.24) is 15.5 Å². The van der Waals surface area contributed by atoms with Crippen LogP contribution in [0, 0.1) is 0 Å². The van der Waals surface area contributed by atoms with Crippen molar-refractivity contribution < 1.29 is 4.79 Å². The monoisotopic (exact) mass is 300 g/mol. The van der Waals surface area contributed by atoms with E-state index in [-0.39, 0.29) is 11.4 Å². The number of nitrogens with zero attached hydrogens (tertiary/aromatic N) is 2. The standard InChI is InChI=1S/C12H20N4OS2/c1-5-7-13-10-15-16-11(19-10)18-8-9(17)14-12(3,4)6-2/h5H,1,6-8H2,2-4H3,(H,13,15)(H,14,17). The smallest absolute Gasteiger partial charge is 0.230 e. The van der Waals surface area contributed by atoms with E-state index in [0.29, 0.717) is 12.3 Å². The van der Waals surface area contributed by atoms with Gasteiger partial charge < -0.3 is 10.6 Å². The highest BCUT2D eigenvalue weighted by Crippen LogP contribution is 2.25. The topological polar surface area (TPSA) is 66.9 Å². The summed E-state index contributed by atoms with van der Waals surface area (Å²) in [6.45, 7) is 10.4. The highest BCUT2D eigenvalue weighted by Gasteiger charge is 2.18. The van der Waals surface area contributed by atoms with Crippen LogP contribution in [0.3, 0.4) is 0 Å². The Hall–Kier alpha value is -1.08. The first kappa shape index (κ1) is 16.0. The third-order valence-corrected chi connectivity index (χ3v) is 4.51. The number of hydrogen-bond acceptors (Lipinski definition) is 6. The minimum absolute atomic E-state index is 0.0210. The average Bonchev–Trinajstić information content (AvgIpc) is 2.81. The Bertz CT molecular complexity index is 431. The minimum Gasteiger partial charge on any atom is -0.357 e. The third kappa shape index (κ3) is 6.07. The molecule has 0 atom stereocenters. The number of nitrogens with one attached hydrogen (secondary N) is 2. The molecule has 7 heteroatoms. The molecule has 0 fully saturated rings. The summed E-state index contributed by atoms with van der Waals surface area (Å²) in [5.74, 6) is 0.382. The number of anilines is 1. The van der Waals surface area contributed by atoms with Crippen molar-refractivity contribution in [2.45, 2.75) is 37.1 Å². The SMILES string of the molecule is C=CCNc1nnc(SCC(=O)NC(C)(C)CC)s1. The second kappa shape index (κ2) is 7.49. The molecule has 106 valence electrons. The number of amides is 1. The van der Waals surface area contributed by atoms with Crippen LogP contribution >= 0.6 is 23.1 Å². The van der Waals surface area contributed by atoms with E-state index < -0.39 is 0 Å². The van der Waals surface area contributed by atoms with E-state index in [9.17, 15) is 4.79 Å². The van der Waals surface area contributed by atoms with Crippen LogP contribution in [-0.2, 0) is 4.79 Å². The van der Waals surface area contributed by atoms with Crippen LogP contribution in [0.4, 0.5) is 5.13 Å². The Balaban J connectivity index is 2.38. The van der Waals surface area contributed by atoms with Gasteiger partial charge in [-0.2, -0.15) is 0 Å². The van der Waals surface area contributed by atoms with E-state index in [0.717, 1.165) is 15.9 Å². The highest BCUT2D eigenvalue weighted by atomic mass is 32.2. The molecule has 1 rings (SSSR count). The number of rotatable bonds is 8. The summed E-state index contributed by atoms with van der Waals surface area (Å²) >= 11 is 2.84. The molecular weight excluding hydrogens is 280 g/mol. The Morgan fingerprint density at radius 3 is 2.89 bits per heavy atom. The second-order valence-corrected chi connectivity index (χ2v) is 6.82. The molecule has 19 heavy (non-hydrogen) atoms. The van der Waals surface area contributed by atoms with Crippen molar-refractivity contribution in [3.8, 4) is 0 Å². The summed E-state index contributed by atoms with van der Waals surface area (Å²) < 4.78 is 0.788. The summed E-state index contributed by atoms with van der Waals surface area (Å²) in [5.41, 5.74) is -0.157. The number of hydrogen-bond donors (Lipinski definition) is 2. The maximum Gasteiger partial charge on any atom is 0.230 e. The van der Waals surface area contributed by atoms with E-state index in [4.69, 9.17) is 0 Å². The van der Waals surface area contributed by atoms with Gasteiger partial charge in [-0.05, 0) is 20.3 Å². The van der Waals surface area contributed by atoms with Crippen LogP contribution in [0.25, 0.3) is 0 Å². The van der Waals surface area contributed by atoms with Crippen LogP contribution in [0.15, 0.2) is 17.0 Å². The molecule has 5 nitrogen and oxygen atoms in total. The quantitative estimate of drug-likeness (QED) is 0.570. The fourth-order valence-electron chi connectivity index (χ4n) is 1.13. The van der Waals surface area contributed by atoms with Gasteiger partial charge in [0.2, 0.25) is 11.0 Å². The molecule has 2 N–H and O–H groups in total. The van der Waals surface area contributed by atoms with Crippen LogP contribution in [0.1, 0.15) is 27.2 Å². The van der Waals surface area contributed by atoms with Crippen LogP contribution in [-0.4, -0.2) is 33.9 Å². The van der Waals surface area contributed by atoms with E-state index >= 15 is 0 Å². The minimum atomic E-state index is -0.157. The van der Waals surface area contributed by atoms with Gasteiger partial charge in [-0.15, -0.1) is 16.8 Å². The lowest BCUT2D eigenvalue weighted by Gasteiger charge is -2.24. The van der Waals surface area contributed by atoms with Crippen molar-refractivity contribution in [2.75, 3.05) is 17.6 Å². The van der Waals surface area contributed by atoms with Gasteiger partial charge in [-0.25, -0.2) is 0 Å². The van der Waals surface area contributed by atoms with Gasteiger partial charge >= 0.3 is 0 Å². The largest absolute Gasteiger partial charge is 0.357 e. The normalized spacial score (nSPS) is 11.1. The predicted octanol–water partition coefficient (Wildman–Crippen LogP) is 2.53. The third-order valence-electron chi connectivity index (χ3n) is 2.49. The van der Waals surface area contributed by atoms with Crippen LogP contribution < -0.4 is 10.6 Å². The summed E-state index contributed by atoms with van der Waals surface area (Å²) in [7, 11) is 0. The molecule has 0 aliphatic rings. The fraction of sp³-hybridized carbons (Fsp3) is 0.583. The fourth-order valence-corrected chi connectivity index (χ4v) is 2.69. The van der Waals surface area contributed by atoms with Crippen molar-refractivity contribution in [3.63, 3.8) is 0 Å². The van der Waals surface area contributed by atoms with Crippen molar-refractivity contribution >= 4 is 34.1 Å². The maximum absolute atomic E-state index is 11.8. The molecule has 0 saturated heterocycles. The predicted molar refractivity (Wildman–Crippen MR) is 81.8 cm³/mol. The lowest BCUT2D eigenvalue weighted by Crippen LogP contribution is -2.43. The summed E-state index contributed by atoms with van der Waals surface area (Å²) in [4.78, 5) is 11.8. The van der Waals surface area contributed by atoms with Gasteiger partial charge in [-0.3, -0.25) is 4.79 Å². The zero-order valence-corrected chi connectivity index (χ0v) is 13.2. The molecule has 1 amide bonds. The van der Waals surface area contributed by atoms with Gasteiger partial charge in [0.25, 0.3) is 0 Å². The van der Waals surface area contributed by atoms with E-state index in [1.165, 1.54) is 23.1 Å². The van der Waals surface area contributed by atoms with Gasteiger partial charge in [0.1, 0.15) is 0 Å². The molecule has 0 radical (unpaired) electrons. The summed E-state index contributed by atoms with van der Waals surface area (Å²) in [6, 6.07) is 0. The molecule has 0 aliphatic heterocycles. The molecule has 0 aromatic carbocycles. The van der Waals surface area contributed by atoms with Gasteiger partial charge in [0.15, 0.2) is 4.34 Å². The molecule has 0 bridgehead atoms. The van der Waals surface area contributed by atoms with Crippen LogP contribution in [0.5, 0.6) is 0 Å².